The molecule has 0 aromatic heterocycles. The van der Waals surface area contributed by atoms with Gasteiger partial charge in [-0.15, -0.1) is 0 Å². The van der Waals surface area contributed by atoms with Crippen molar-refractivity contribution in [3.63, 3.8) is 0 Å². The second-order valence-electron chi connectivity index (χ2n) is 5.67. The summed E-state index contributed by atoms with van der Waals surface area (Å²) in [6, 6.07) is 14.7. The van der Waals surface area contributed by atoms with Crippen LogP contribution in [0.3, 0.4) is 0 Å². The maximum absolute atomic E-state index is 12.9. The molecule has 1 amide bonds. The molecule has 2 aromatic rings. The highest BCUT2D eigenvalue weighted by molar-refractivity contribution is 6.02. The van der Waals surface area contributed by atoms with E-state index in [9.17, 15) is 9.59 Å². The van der Waals surface area contributed by atoms with Crippen molar-refractivity contribution in [3.05, 3.63) is 65.2 Å². The van der Waals surface area contributed by atoms with Crippen molar-refractivity contribution in [1.29, 1.82) is 0 Å². The zero-order valence-electron chi connectivity index (χ0n) is 13.8. The van der Waals surface area contributed by atoms with Crippen molar-refractivity contribution in [3.8, 4) is 0 Å². The van der Waals surface area contributed by atoms with Crippen LogP contribution in [0, 0.1) is 0 Å². The average molecular weight is 324 g/mol. The van der Waals surface area contributed by atoms with Crippen molar-refractivity contribution < 1.29 is 14.3 Å². The molecule has 1 aliphatic rings. The Labute approximate surface area is 141 Å². The van der Waals surface area contributed by atoms with E-state index in [1.54, 1.807) is 17.0 Å². The lowest BCUT2D eigenvalue weighted by molar-refractivity contribution is 0.0586. The molecule has 0 fully saturated rings. The Morgan fingerprint density at radius 1 is 1.17 bits per heavy atom. The minimum atomic E-state index is -0.407. The summed E-state index contributed by atoms with van der Waals surface area (Å²) in [5.41, 5.74) is 2.63. The van der Waals surface area contributed by atoms with Gasteiger partial charge in [0.25, 0.3) is 5.91 Å². The van der Waals surface area contributed by atoms with Crippen LogP contribution in [0.15, 0.2) is 48.5 Å². The molecule has 0 saturated carbocycles. The number of ether oxygens (including phenoxy) is 1. The Morgan fingerprint density at radius 3 is 2.62 bits per heavy atom. The number of carbonyl (C=O) groups excluding carboxylic acids is 2. The molecule has 0 saturated heterocycles. The van der Waals surface area contributed by atoms with E-state index in [2.05, 4.69) is 5.32 Å². The number of anilines is 1. The molecular formula is C19H20N2O3. The predicted octanol–water partition coefficient (Wildman–Crippen LogP) is 3.45. The first-order valence-corrected chi connectivity index (χ1v) is 8.01. The molecule has 5 nitrogen and oxygen atoms in total. The van der Waals surface area contributed by atoms with Gasteiger partial charge < -0.3 is 15.0 Å². The fourth-order valence-electron chi connectivity index (χ4n) is 3.04. The number of nitrogens with zero attached hydrogens (tertiary/aromatic N) is 1. The van der Waals surface area contributed by atoms with Crippen LogP contribution in [0.5, 0.6) is 0 Å². The Hall–Kier alpha value is -2.82. The van der Waals surface area contributed by atoms with Crippen molar-refractivity contribution in [1.82, 2.24) is 4.90 Å². The number of fused-ring (bicyclic) bond motifs is 1. The number of para-hydroxylation sites is 1. The molecule has 1 heterocycles. The molecule has 5 heteroatoms. The molecule has 24 heavy (non-hydrogen) atoms. The second kappa shape index (κ2) is 6.74. The van der Waals surface area contributed by atoms with Crippen molar-refractivity contribution in [2.24, 2.45) is 0 Å². The maximum Gasteiger partial charge on any atom is 0.338 e. The number of methoxy groups -OCH3 is 1. The first kappa shape index (κ1) is 16.1. The summed E-state index contributed by atoms with van der Waals surface area (Å²) in [6.07, 6.45) is 0.426. The molecule has 0 unspecified atom stereocenters. The minimum absolute atomic E-state index is 0.0316. The quantitative estimate of drug-likeness (QED) is 0.875. The largest absolute Gasteiger partial charge is 0.465 e. The third-order valence-electron chi connectivity index (χ3n) is 4.15. The summed E-state index contributed by atoms with van der Waals surface area (Å²) in [6.45, 7) is 2.62. The van der Waals surface area contributed by atoms with Crippen molar-refractivity contribution in [2.75, 3.05) is 19.0 Å². The van der Waals surface area contributed by atoms with Gasteiger partial charge in [-0.25, -0.2) is 4.79 Å². The summed E-state index contributed by atoms with van der Waals surface area (Å²) in [5.74, 6) is -0.439. The highest BCUT2D eigenvalue weighted by Crippen LogP contribution is 2.34. The predicted molar refractivity (Wildman–Crippen MR) is 91.9 cm³/mol. The third kappa shape index (κ3) is 2.73. The molecule has 0 aliphatic carbocycles. The summed E-state index contributed by atoms with van der Waals surface area (Å²) < 4.78 is 4.89. The number of amides is 1. The molecule has 3 rings (SSSR count). The minimum Gasteiger partial charge on any atom is -0.465 e. The lowest BCUT2D eigenvalue weighted by Crippen LogP contribution is -2.43. The van der Waals surface area contributed by atoms with Crippen molar-refractivity contribution in [2.45, 2.75) is 19.5 Å². The van der Waals surface area contributed by atoms with Crippen LogP contribution in [0.25, 0.3) is 0 Å². The van der Waals surface area contributed by atoms with E-state index in [1.165, 1.54) is 7.11 Å². The molecule has 2 aromatic carbocycles. The number of rotatable bonds is 4. The topological polar surface area (TPSA) is 58.6 Å². The van der Waals surface area contributed by atoms with E-state index in [4.69, 9.17) is 4.74 Å². The zero-order chi connectivity index (χ0) is 17.1. The van der Waals surface area contributed by atoms with Crippen LogP contribution in [0.4, 0.5) is 5.69 Å². The van der Waals surface area contributed by atoms with Gasteiger partial charge in [0.1, 0.15) is 6.17 Å². The molecule has 1 aliphatic heterocycles. The number of carbonyl (C=O) groups is 2. The number of hydrogen-bond acceptors (Lipinski definition) is 4. The second-order valence-corrected chi connectivity index (χ2v) is 5.67. The molecule has 1 N–H and O–H groups in total. The Kier molecular flexibility index (Phi) is 4.51. The van der Waals surface area contributed by atoms with E-state index in [1.807, 2.05) is 43.3 Å². The summed E-state index contributed by atoms with van der Waals surface area (Å²) >= 11 is 0. The van der Waals surface area contributed by atoms with Gasteiger partial charge in [-0.1, -0.05) is 37.3 Å². The van der Waals surface area contributed by atoms with Crippen LogP contribution in [-0.2, 0) is 4.74 Å². The number of nitrogens with one attached hydrogen (secondary N) is 1. The first-order chi connectivity index (χ1) is 11.7. The number of benzene rings is 2. The van der Waals surface area contributed by atoms with Gasteiger partial charge in [-0.3, -0.25) is 4.79 Å². The Balaban J connectivity index is 2.10. The molecule has 0 radical (unpaired) electrons. The number of esters is 1. The molecule has 124 valence electrons. The van der Waals surface area contributed by atoms with Crippen molar-refractivity contribution >= 4 is 17.6 Å². The summed E-state index contributed by atoms with van der Waals surface area (Å²) in [7, 11) is 1.36. The summed E-state index contributed by atoms with van der Waals surface area (Å²) in [5, 5.41) is 3.40. The van der Waals surface area contributed by atoms with Crippen LogP contribution in [0.1, 0.15) is 45.8 Å². The highest BCUT2D eigenvalue weighted by Gasteiger charge is 2.34. The monoisotopic (exact) mass is 324 g/mol. The van der Waals surface area contributed by atoms with Crippen LogP contribution >= 0.6 is 0 Å². The lowest BCUT2D eigenvalue weighted by Gasteiger charge is -2.38. The molecule has 1 atom stereocenters. The molecule has 0 bridgehead atoms. The van der Waals surface area contributed by atoms with Gasteiger partial charge in [0.2, 0.25) is 0 Å². The maximum atomic E-state index is 12.9. The van der Waals surface area contributed by atoms with Gasteiger partial charge >= 0.3 is 5.97 Å². The van der Waals surface area contributed by atoms with E-state index in [0.717, 1.165) is 17.7 Å². The van der Waals surface area contributed by atoms with Crippen LogP contribution in [-0.4, -0.2) is 30.4 Å². The highest BCUT2D eigenvalue weighted by atomic mass is 16.5. The normalized spacial score (nSPS) is 16.3. The fourth-order valence-corrected chi connectivity index (χ4v) is 3.04. The molecule has 0 spiro atoms. The van der Waals surface area contributed by atoms with E-state index in [-0.39, 0.29) is 5.91 Å². The van der Waals surface area contributed by atoms with Gasteiger partial charge in [0, 0.05) is 17.8 Å². The third-order valence-corrected chi connectivity index (χ3v) is 4.15. The van der Waals surface area contributed by atoms with Gasteiger partial charge in [0.15, 0.2) is 0 Å². The van der Waals surface area contributed by atoms with Crippen LogP contribution < -0.4 is 5.32 Å². The zero-order valence-corrected chi connectivity index (χ0v) is 13.8. The average Bonchev–Trinajstić information content (AvgIpc) is 2.63. The number of hydrogen-bond donors (Lipinski definition) is 1. The van der Waals surface area contributed by atoms with E-state index < -0.39 is 12.1 Å². The Bertz CT molecular complexity index is 773. The molecular weight excluding hydrogens is 304 g/mol. The van der Waals surface area contributed by atoms with Gasteiger partial charge in [-0.05, 0) is 24.6 Å². The lowest BCUT2D eigenvalue weighted by atomic mass is 9.99. The first-order valence-electron chi connectivity index (χ1n) is 8.01. The van der Waals surface area contributed by atoms with Gasteiger partial charge in [-0.2, -0.15) is 0 Å². The summed E-state index contributed by atoms with van der Waals surface area (Å²) in [4.78, 5) is 26.8. The van der Waals surface area contributed by atoms with Gasteiger partial charge in [0.05, 0.1) is 18.2 Å². The smallest absolute Gasteiger partial charge is 0.338 e. The van der Waals surface area contributed by atoms with Crippen LogP contribution in [0.2, 0.25) is 0 Å². The SMILES string of the molecule is CCCN1C(=O)c2ccccc2N[C@H]1c1ccccc1C(=O)OC. The van der Waals surface area contributed by atoms with E-state index in [0.29, 0.717) is 17.7 Å². The Morgan fingerprint density at radius 2 is 1.88 bits per heavy atom. The standard InChI is InChI=1S/C19H20N2O3/c1-3-12-21-17(13-8-4-5-9-14(13)19(23)24-2)20-16-11-7-6-10-15(16)18(21)22/h4-11,17,20H,3,12H2,1-2H3/t17-/m1/s1. The fraction of sp³-hybridized carbons (Fsp3) is 0.263. The van der Waals surface area contributed by atoms with E-state index >= 15 is 0 Å².